The molecule has 2 atom stereocenters. The van der Waals surface area contributed by atoms with E-state index in [0.717, 1.165) is 19.0 Å². The first-order chi connectivity index (χ1) is 11.6. The summed E-state index contributed by atoms with van der Waals surface area (Å²) in [5.41, 5.74) is 0.851. The zero-order valence-corrected chi connectivity index (χ0v) is 14.5. The summed E-state index contributed by atoms with van der Waals surface area (Å²) < 4.78 is 19.2. The molecule has 1 fully saturated rings. The van der Waals surface area contributed by atoms with Gasteiger partial charge in [0.05, 0.1) is 19.1 Å². The lowest BCUT2D eigenvalue weighted by Gasteiger charge is -2.30. The topological polar surface area (TPSA) is 46.7 Å². The third-order valence-corrected chi connectivity index (χ3v) is 5.16. The summed E-state index contributed by atoms with van der Waals surface area (Å²) in [6.07, 6.45) is 4.88. The van der Waals surface area contributed by atoms with Crippen LogP contribution in [0.1, 0.15) is 48.7 Å². The summed E-state index contributed by atoms with van der Waals surface area (Å²) in [7, 11) is 0. The van der Waals surface area contributed by atoms with Crippen molar-refractivity contribution in [3.63, 3.8) is 0 Å². The molecule has 1 aromatic carbocycles. The number of para-hydroxylation sites is 1. The SMILES string of the molecule is Cc1c(C(=O)NCCC[NH+]2CCCC[C@H]2C)oc2c(F)cccc12. The van der Waals surface area contributed by atoms with Crippen molar-refractivity contribution in [1.82, 2.24) is 5.32 Å². The number of rotatable bonds is 5. The number of carbonyl (C=O) groups is 1. The second kappa shape index (κ2) is 7.34. The molecule has 0 saturated carbocycles. The van der Waals surface area contributed by atoms with Gasteiger partial charge in [-0.3, -0.25) is 4.79 Å². The van der Waals surface area contributed by atoms with Crippen LogP contribution >= 0.6 is 0 Å². The van der Waals surface area contributed by atoms with Gasteiger partial charge >= 0.3 is 0 Å². The quantitative estimate of drug-likeness (QED) is 0.826. The molecule has 24 heavy (non-hydrogen) atoms. The number of nitrogens with one attached hydrogen (secondary N) is 2. The monoisotopic (exact) mass is 333 g/mol. The molecular weight excluding hydrogens is 307 g/mol. The van der Waals surface area contributed by atoms with Gasteiger partial charge in [0.15, 0.2) is 17.2 Å². The number of aryl methyl sites for hydroxylation is 1. The predicted molar refractivity (Wildman–Crippen MR) is 91.9 cm³/mol. The van der Waals surface area contributed by atoms with Crippen LogP contribution in [0.5, 0.6) is 0 Å². The maximum absolute atomic E-state index is 13.8. The highest BCUT2D eigenvalue weighted by atomic mass is 19.1. The fourth-order valence-electron chi connectivity index (χ4n) is 3.65. The fraction of sp³-hybridized carbons (Fsp3) is 0.526. The van der Waals surface area contributed by atoms with E-state index in [4.69, 9.17) is 4.42 Å². The van der Waals surface area contributed by atoms with E-state index in [1.165, 1.54) is 31.9 Å². The number of piperidine rings is 1. The molecule has 0 radical (unpaired) electrons. The normalized spacial score (nSPS) is 21.1. The molecule has 1 aliphatic heterocycles. The van der Waals surface area contributed by atoms with Gasteiger partial charge in [0.1, 0.15) is 0 Å². The van der Waals surface area contributed by atoms with Crippen molar-refractivity contribution in [3.8, 4) is 0 Å². The standard InChI is InChI=1S/C19H25FN2O2/c1-13-7-3-4-11-22(13)12-6-10-21-19(23)17-14(2)15-8-5-9-16(20)18(15)24-17/h5,8-9,13H,3-4,6-7,10-12H2,1-2H3,(H,21,23)/p+1/t13-/m1/s1. The largest absolute Gasteiger partial charge is 0.448 e. The van der Waals surface area contributed by atoms with Gasteiger partial charge in [-0.25, -0.2) is 4.39 Å². The van der Waals surface area contributed by atoms with E-state index in [2.05, 4.69) is 12.2 Å². The van der Waals surface area contributed by atoms with Gasteiger partial charge in [-0.2, -0.15) is 0 Å². The van der Waals surface area contributed by atoms with Crippen molar-refractivity contribution in [2.24, 2.45) is 0 Å². The van der Waals surface area contributed by atoms with E-state index in [1.54, 1.807) is 24.0 Å². The lowest BCUT2D eigenvalue weighted by atomic mass is 10.0. The minimum atomic E-state index is -0.433. The highest BCUT2D eigenvalue weighted by Crippen LogP contribution is 2.27. The molecule has 1 aromatic heterocycles. The van der Waals surface area contributed by atoms with Crippen LogP contribution in [-0.4, -0.2) is 31.6 Å². The molecule has 3 rings (SSSR count). The average molecular weight is 333 g/mol. The van der Waals surface area contributed by atoms with Crippen molar-refractivity contribution in [2.75, 3.05) is 19.6 Å². The number of likely N-dealkylation sites (tertiary alicyclic amines) is 1. The van der Waals surface area contributed by atoms with Crippen molar-refractivity contribution in [2.45, 2.75) is 45.6 Å². The Morgan fingerprint density at radius 3 is 3.00 bits per heavy atom. The molecule has 2 heterocycles. The van der Waals surface area contributed by atoms with Gasteiger partial charge in [0, 0.05) is 23.9 Å². The summed E-state index contributed by atoms with van der Waals surface area (Å²) in [6, 6.07) is 5.46. The van der Waals surface area contributed by atoms with Crippen LogP contribution in [0.3, 0.4) is 0 Å². The molecule has 2 N–H and O–H groups in total. The first kappa shape index (κ1) is 17.0. The zero-order chi connectivity index (χ0) is 17.1. The van der Waals surface area contributed by atoms with Gasteiger partial charge in [-0.1, -0.05) is 12.1 Å². The molecular formula is C19H26FN2O2+. The molecule has 0 aliphatic carbocycles. The Bertz CT molecular complexity index is 725. The second-order valence-electron chi connectivity index (χ2n) is 6.84. The summed E-state index contributed by atoms with van der Waals surface area (Å²) >= 11 is 0. The summed E-state index contributed by atoms with van der Waals surface area (Å²) in [5, 5.41) is 3.57. The number of fused-ring (bicyclic) bond motifs is 1. The van der Waals surface area contributed by atoms with Gasteiger partial charge in [0.25, 0.3) is 5.91 Å². The summed E-state index contributed by atoms with van der Waals surface area (Å²) in [5.74, 6) is -0.476. The minimum absolute atomic E-state index is 0.159. The van der Waals surface area contributed by atoms with E-state index in [1.807, 2.05) is 0 Å². The predicted octanol–water partition coefficient (Wildman–Crippen LogP) is 2.46. The minimum Gasteiger partial charge on any atom is -0.448 e. The van der Waals surface area contributed by atoms with Crippen molar-refractivity contribution >= 4 is 16.9 Å². The number of benzene rings is 1. The van der Waals surface area contributed by atoms with Crippen molar-refractivity contribution in [1.29, 1.82) is 0 Å². The number of carbonyl (C=O) groups excluding carboxylic acids is 1. The molecule has 1 saturated heterocycles. The fourth-order valence-corrected chi connectivity index (χ4v) is 3.65. The molecule has 1 aliphatic rings. The van der Waals surface area contributed by atoms with Gasteiger partial charge in [-0.05, 0) is 39.2 Å². The second-order valence-corrected chi connectivity index (χ2v) is 6.84. The van der Waals surface area contributed by atoms with Crippen LogP contribution in [-0.2, 0) is 0 Å². The van der Waals surface area contributed by atoms with E-state index < -0.39 is 5.82 Å². The van der Waals surface area contributed by atoms with E-state index in [0.29, 0.717) is 17.5 Å². The molecule has 5 heteroatoms. The van der Waals surface area contributed by atoms with Crippen LogP contribution < -0.4 is 10.2 Å². The number of quaternary nitrogens is 1. The number of amides is 1. The highest BCUT2D eigenvalue weighted by molar-refractivity contribution is 5.98. The zero-order valence-electron chi connectivity index (χ0n) is 14.5. The Labute approximate surface area is 142 Å². The molecule has 1 unspecified atom stereocenters. The van der Waals surface area contributed by atoms with Gasteiger partial charge in [0.2, 0.25) is 0 Å². The third kappa shape index (κ3) is 3.46. The number of halogens is 1. The van der Waals surface area contributed by atoms with Crippen molar-refractivity contribution in [3.05, 3.63) is 35.3 Å². The lowest BCUT2D eigenvalue weighted by molar-refractivity contribution is -0.928. The maximum Gasteiger partial charge on any atom is 0.287 e. The lowest BCUT2D eigenvalue weighted by Crippen LogP contribution is -3.16. The van der Waals surface area contributed by atoms with Gasteiger partial charge < -0.3 is 14.6 Å². The third-order valence-electron chi connectivity index (χ3n) is 5.16. The van der Waals surface area contributed by atoms with Crippen LogP contribution in [0.4, 0.5) is 4.39 Å². The first-order valence-corrected chi connectivity index (χ1v) is 8.88. The molecule has 2 aromatic rings. The molecule has 0 bridgehead atoms. The molecule has 1 amide bonds. The first-order valence-electron chi connectivity index (χ1n) is 8.88. The summed E-state index contributed by atoms with van der Waals surface area (Å²) in [6.45, 7) is 7.03. The highest BCUT2D eigenvalue weighted by Gasteiger charge is 2.22. The van der Waals surface area contributed by atoms with Crippen LogP contribution in [0.2, 0.25) is 0 Å². The molecule has 130 valence electrons. The van der Waals surface area contributed by atoms with Crippen LogP contribution in [0, 0.1) is 12.7 Å². The number of hydrogen-bond acceptors (Lipinski definition) is 2. The average Bonchev–Trinajstić information content (AvgIpc) is 2.92. The Balaban J connectivity index is 1.56. The Kier molecular flexibility index (Phi) is 5.19. The molecule has 4 nitrogen and oxygen atoms in total. The number of hydrogen-bond donors (Lipinski definition) is 2. The number of furan rings is 1. The van der Waals surface area contributed by atoms with Crippen LogP contribution in [0.25, 0.3) is 11.0 Å². The van der Waals surface area contributed by atoms with E-state index >= 15 is 0 Å². The maximum atomic E-state index is 13.8. The molecule has 0 spiro atoms. The van der Waals surface area contributed by atoms with E-state index in [-0.39, 0.29) is 17.3 Å². The van der Waals surface area contributed by atoms with Crippen LogP contribution in [0.15, 0.2) is 22.6 Å². The van der Waals surface area contributed by atoms with Crippen molar-refractivity contribution < 1.29 is 18.5 Å². The summed E-state index contributed by atoms with van der Waals surface area (Å²) in [4.78, 5) is 14.0. The Morgan fingerprint density at radius 2 is 2.25 bits per heavy atom. The van der Waals surface area contributed by atoms with Gasteiger partial charge in [-0.15, -0.1) is 0 Å². The smallest absolute Gasteiger partial charge is 0.287 e. The van der Waals surface area contributed by atoms with E-state index in [9.17, 15) is 9.18 Å². The Morgan fingerprint density at radius 1 is 1.42 bits per heavy atom. The Hall–Kier alpha value is -1.88.